The quantitative estimate of drug-likeness (QED) is 0.333. The van der Waals surface area contributed by atoms with E-state index in [1.165, 1.54) is 25.8 Å². The van der Waals surface area contributed by atoms with E-state index in [0.29, 0.717) is 18.4 Å². The summed E-state index contributed by atoms with van der Waals surface area (Å²) in [7, 11) is 1.65. The molecule has 0 saturated carbocycles. The number of nitrogens with zero attached hydrogens (tertiary/aromatic N) is 4. The molecule has 1 aliphatic heterocycles. The maximum absolute atomic E-state index is 5.20. The lowest BCUT2D eigenvalue weighted by Crippen LogP contribution is -2.41. The fraction of sp³-hybridized carbons (Fsp3) is 0.591. The molecule has 164 valence electrons. The number of benzene rings is 1. The Labute approximate surface area is 179 Å². The molecule has 1 aliphatic rings. The van der Waals surface area contributed by atoms with Gasteiger partial charge in [-0.05, 0) is 63.9 Å². The Hall–Kier alpha value is -2.61. The molecule has 1 aromatic carbocycles. The highest BCUT2D eigenvalue weighted by Crippen LogP contribution is 2.19. The number of aliphatic imine (C=N–C) groups is 1. The molecule has 2 aromatic rings. The van der Waals surface area contributed by atoms with Crippen LogP contribution in [0.2, 0.25) is 0 Å². The van der Waals surface area contributed by atoms with Crippen LogP contribution in [-0.2, 0) is 6.54 Å². The van der Waals surface area contributed by atoms with Gasteiger partial charge in [0.05, 0.1) is 7.11 Å². The van der Waals surface area contributed by atoms with Gasteiger partial charge in [0.2, 0.25) is 0 Å². The number of H-pyrrole nitrogens is 1. The van der Waals surface area contributed by atoms with Crippen LogP contribution in [0.1, 0.15) is 45.4 Å². The van der Waals surface area contributed by atoms with Crippen LogP contribution >= 0.6 is 0 Å². The number of aromatic nitrogens is 3. The van der Waals surface area contributed by atoms with E-state index in [0.717, 1.165) is 49.2 Å². The molecular formula is C22H35N7O. The Balaban J connectivity index is 1.48. The van der Waals surface area contributed by atoms with Crippen molar-refractivity contribution in [1.82, 2.24) is 30.7 Å². The van der Waals surface area contributed by atoms with Gasteiger partial charge in [0.15, 0.2) is 11.8 Å². The van der Waals surface area contributed by atoms with Crippen molar-refractivity contribution in [1.29, 1.82) is 0 Å². The number of ether oxygens (including phenoxy) is 1. The van der Waals surface area contributed by atoms with E-state index >= 15 is 0 Å². The molecule has 8 nitrogen and oxygen atoms in total. The Morgan fingerprint density at radius 3 is 2.83 bits per heavy atom. The third kappa shape index (κ3) is 6.45. The van der Waals surface area contributed by atoms with Crippen molar-refractivity contribution in [2.24, 2.45) is 4.99 Å². The molecule has 1 atom stereocenters. The van der Waals surface area contributed by atoms with Gasteiger partial charge in [0.1, 0.15) is 18.1 Å². The topological polar surface area (TPSA) is 90.5 Å². The van der Waals surface area contributed by atoms with Gasteiger partial charge in [-0.3, -0.25) is 5.10 Å². The van der Waals surface area contributed by atoms with E-state index in [9.17, 15) is 0 Å². The fourth-order valence-corrected chi connectivity index (χ4v) is 3.71. The van der Waals surface area contributed by atoms with Gasteiger partial charge >= 0.3 is 0 Å². The highest BCUT2D eigenvalue weighted by molar-refractivity contribution is 5.79. The minimum absolute atomic E-state index is 0.446. The number of rotatable bonds is 9. The summed E-state index contributed by atoms with van der Waals surface area (Å²) in [6.45, 7) is 8.96. The molecule has 2 heterocycles. The molecule has 1 saturated heterocycles. The van der Waals surface area contributed by atoms with Gasteiger partial charge in [0.25, 0.3) is 0 Å². The van der Waals surface area contributed by atoms with Crippen LogP contribution in [0.25, 0.3) is 11.4 Å². The number of likely N-dealkylation sites (tertiary alicyclic amines) is 1. The Morgan fingerprint density at radius 1 is 1.27 bits per heavy atom. The third-order valence-corrected chi connectivity index (χ3v) is 5.47. The molecule has 0 spiro atoms. The zero-order valence-corrected chi connectivity index (χ0v) is 18.4. The molecule has 3 N–H and O–H groups in total. The monoisotopic (exact) mass is 413 g/mol. The van der Waals surface area contributed by atoms with Gasteiger partial charge in [-0.2, -0.15) is 5.10 Å². The minimum Gasteiger partial charge on any atom is -0.497 e. The molecule has 0 bridgehead atoms. The Bertz CT molecular complexity index is 787. The van der Waals surface area contributed by atoms with Gasteiger partial charge in [-0.15, -0.1) is 0 Å². The summed E-state index contributed by atoms with van der Waals surface area (Å²) >= 11 is 0. The SMILES string of the molecule is CCNC(=NCc1nc(-c2ccc(OC)cc2)n[nH]1)NCCCN1CCCCC1C. The molecule has 8 heteroatoms. The average molecular weight is 414 g/mol. The van der Waals surface area contributed by atoms with Crippen LogP contribution in [-0.4, -0.2) is 65.4 Å². The van der Waals surface area contributed by atoms with Crippen molar-refractivity contribution in [2.75, 3.05) is 33.3 Å². The first-order valence-corrected chi connectivity index (χ1v) is 11.0. The average Bonchev–Trinajstić information content (AvgIpc) is 3.25. The van der Waals surface area contributed by atoms with Crippen molar-refractivity contribution < 1.29 is 4.74 Å². The number of aromatic amines is 1. The number of guanidine groups is 1. The second-order valence-electron chi connectivity index (χ2n) is 7.69. The van der Waals surface area contributed by atoms with Crippen molar-refractivity contribution >= 4 is 5.96 Å². The van der Waals surface area contributed by atoms with E-state index < -0.39 is 0 Å². The third-order valence-electron chi connectivity index (χ3n) is 5.47. The summed E-state index contributed by atoms with van der Waals surface area (Å²) in [5.74, 6) is 3.03. The Kier molecular flexibility index (Phi) is 8.50. The highest BCUT2D eigenvalue weighted by atomic mass is 16.5. The number of hydrogen-bond donors (Lipinski definition) is 3. The number of nitrogens with one attached hydrogen (secondary N) is 3. The maximum Gasteiger partial charge on any atom is 0.191 e. The summed E-state index contributed by atoms with van der Waals surface area (Å²) in [5, 5.41) is 14.0. The number of methoxy groups -OCH3 is 1. The molecule has 0 amide bonds. The van der Waals surface area contributed by atoms with Gasteiger partial charge in [-0.1, -0.05) is 6.42 Å². The summed E-state index contributed by atoms with van der Waals surface area (Å²) < 4.78 is 5.20. The van der Waals surface area contributed by atoms with Crippen LogP contribution in [0.15, 0.2) is 29.3 Å². The van der Waals surface area contributed by atoms with E-state index in [-0.39, 0.29) is 0 Å². The van der Waals surface area contributed by atoms with Gasteiger partial charge in [0, 0.05) is 31.2 Å². The molecule has 0 radical (unpaired) electrons. The second kappa shape index (κ2) is 11.5. The lowest BCUT2D eigenvalue weighted by Gasteiger charge is -2.33. The molecular weight excluding hydrogens is 378 g/mol. The van der Waals surface area contributed by atoms with Gasteiger partial charge < -0.3 is 20.3 Å². The van der Waals surface area contributed by atoms with E-state index in [4.69, 9.17) is 4.74 Å². The zero-order chi connectivity index (χ0) is 21.2. The molecule has 3 rings (SSSR count). The molecule has 0 aliphatic carbocycles. The van der Waals surface area contributed by atoms with Crippen LogP contribution in [0.5, 0.6) is 5.75 Å². The predicted octanol–water partition coefficient (Wildman–Crippen LogP) is 2.80. The van der Waals surface area contributed by atoms with Crippen LogP contribution in [0.3, 0.4) is 0 Å². The van der Waals surface area contributed by atoms with Crippen molar-refractivity contribution in [3.8, 4) is 17.1 Å². The van der Waals surface area contributed by atoms with Crippen molar-refractivity contribution in [3.05, 3.63) is 30.1 Å². The van der Waals surface area contributed by atoms with Crippen molar-refractivity contribution in [3.63, 3.8) is 0 Å². The highest BCUT2D eigenvalue weighted by Gasteiger charge is 2.17. The first-order valence-electron chi connectivity index (χ1n) is 11.0. The van der Waals surface area contributed by atoms with Crippen molar-refractivity contribution in [2.45, 2.75) is 52.1 Å². The largest absolute Gasteiger partial charge is 0.497 e. The predicted molar refractivity (Wildman–Crippen MR) is 121 cm³/mol. The summed E-state index contributed by atoms with van der Waals surface area (Å²) in [5.41, 5.74) is 0.944. The lowest BCUT2D eigenvalue weighted by atomic mass is 10.0. The zero-order valence-electron chi connectivity index (χ0n) is 18.4. The standard InChI is InChI=1S/C22H35N7O/c1-4-23-22(24-13-7-15-29-14-6-5-8-17(29)2)25-16-20-26-21(28-27-20)18-9-11-19(30-3)12-10-18/h9-12,17H,4-8,13-16H2,1-3H3,(H2,23,24,25)(H,26,27,28). The smallest absolute Gasteiger partial charge is 0.191 e. The Morgan fingerprint density at radius 2 is 2.10 bits per heavy atom. The van der Waals surface area contributed by atoms with E-state index in [1.54, 1.807) is 7.11 Å². The van der Waals surface area contributed by atoms with Crippen LogP contribution in [0, 0.1) is 0 Å². The first-order chi connectivity index (χ1) is 14.7. The summed E-state index contributed by atoms with van der Waals surface area (Å²) in [6.07, 6.45) is 5.14. The molecule has 1 fully saturated rings. The molecule has 30 heavy (non-hydrogen) atoms. The van der Waals surface area contributed by atoms with Gasteiger partial charge in [-0.25, -0.2) is 9.98 Å². The maximum atomic E-state index is 5.20. The number of hydrogen-bond acceptors (Lipinski definition) is 5. The molecule has 1 aromatic heterocycles. The fourth-order valence-electron chi connectivity index (χ4n) is 3.71. The minimum atomic E-state index is 0.446. The van der Waals surface area contributed by atoms with Crippen LogP contribution in [0.4, 0.5) is 0 Å². The lowest BCUT2D eigenvalue weighted by molar-refractivity contribution is 0.159. The van der Waals surface area contributed by atoms with Crippen LogP contribution < -0.4 is 15.4 Å². The normalized spacial score (nSPS) is 17.7. The van der Waals surface area contributed by atoms with E-state index in [2.05, 4.69) is 49.6 Å². The second-order valence-corrected chi connectivity index (χ2v) is 7.69. The molecule has 1 unspecified atom stereocenters. The first kappa shape index (κ1) is 22.1. The number of piperidine rings is 1. The summed E-state index contributed by atoms with van der Waals surface area (Å²) in [4.78, 5) is 11.8. The summed E-state index contributed by atoms with van der Waals surface area (Å²) in [6, 6.07) is 8.42. The van der Waals surface area contributed by atoms with E-state index in [1.807, 2.05) is 24.3 Å².